The van der Waals surface area contributed by atoms with Gasteiger partial charge in [0.15, 0.2) is 5.96 Å². The van der Waals surface area contributed by atoms with Gasteiger partial charge in [-0.1, -0.05) is 19.1 Å². The molecule has 0 fully saturated rings. The Hall–Kier alpha value is -1.51. The molecule has 0 aliphatic rings. The molecule has 0 aliphatic heterocycles. The third-order valence-corrected chi connectivity index (χ3v) is 3.84. The fourth-order valence-electron chi connectivity index (χ4n) is 2.26. The van der Waals surface area contributed by atoms with E-state index in [0.717, 1.165) is 18.7 Å². The summed E-state index contributed by atoms with van der Waals surface area (Å²) in [6.45, 7) is 11.9. The van der Waals surface area contributed by atoms with Gasteiger partial charge in [-0.05, 0) is 51.8 Å². The first-order valence-corrected chi connectivity index (χ1v) is 9.49. The zero-order chi connectivity index (χ0) is 19.4. The number of benzene rings is 1. The molecule has 1 rings (SSSR count). The maximum absolute atomic E-state index is 11.8. The van der Waals surface area contributed by atoms with Gasteiger partial charge in [0.05, 0.1) is 6.54 Å². The maximum Gasteiger partial charge on any atom is 0.221 e. The predicted octanol–water partition coefficient (Wildman–Crippen LogP) is 3.24. The lowest BCUT2D eigenvalue weighted by Crippen LogP contribution is -2.40. The molecule has 3 N–H and O–H groups in total. The molecule has 7 heteroatoms. The molecule has 27 heavy (non-hydrogen) atoms. The van der Waals surface area contributed by atoms with Crippen LogP contribution in [0.4, 0.5) is 0 Å². The first-order valence-electron chi connectivity index (χ1n) is 9.49. The Morgan fingerprint density at radius 3 is 2.59 bits per heavy atom. The van der Waals surface area contributed by atoms with Crippen molar-refractivity contribution in [1.29, 1.82) is 0 Å². The van der Waals surface area contributed by atoms with E-state index in [2.05, 4.69) is 27.9 Å². The second-order valence-electron chi connectivity index (χ2n) is 6.52. The number of hydrogen-bond acceptors (Lipinski definition) is 3. The number of aryl methyl sites for hydroxylation is 1. The van der Waals surface area contributed by atoms with E-state index in [4.69, 9.17) is 4.74 Å². The highest BCUT2D eigenvalue weighted by molar-refractivity contribution is 14.0. The van der Waals surface area contributed by atoms with Crippen molar-refractivity contribution in [2.45, 2.75) is 59.6 Å². The van der Waals surface area contributed by atoms with Crippen molar-refractivity contribution in [3.05, 3.63) is 29.8 Å². The molecule has 2 unspecified atom stereocenters. The first kappa shape index (κ1) is 25.5. The molecule has 0 saturated heterocycles. The number of rotatable bonds is 10. The largest absolute Gasteiger partial charge is 0.489 e. The number of ether oxygens (including phenoxy) is 1. The van der Waals surface area contributed by atoms with Gasteiger partial charge in [-0.25, -0.2) is 4.99 Å². The number of nitrogens with one attached hydrogen (secondary N) is 3. The van der Waals surface area contributed by atoms with Gasteiger partial charge >= 0.3 is 0 Å². The van der Waals surface area contributed by atoms with E-state index in [1.807, 2.05) is 52.0 Å². The molecule has 0 aromatic heterocycles. The van der Waals surface area contributed by atoms with Crippen molar-refractivity contribution in [2.75, 3.05) is 19.6 Å². The lowest BCUT2D eigenvalue weighted by atomic mass is 10.2. The zero-order valence-corrected chi connectivity index (χ0v) is 19.5. The molecule has 154 valence electrons. The minimum Gasteiger partial charge on any atom is -0.489 e. The fourth-order valence-corrected chi connectivity index (χ4v) is 2.26. The van der Waals surface area contributed by atoms with E-state index < -0.39 is 0 Å². The molecule has 0 spiro atoms. The maximum atomic E-state index is 11.8. The highest BCUT2D eigenvalue weighted by Gasteiger charge is 2.07. The van der Waals surface area contributed by atoms with Crippen LogP contribution in [0.25, 0.3) is 0 Å². The molecular weight excluding hydrogens is 455 g/mol. The predicted molar refractivity (Wildman–Crippen MR) is 123 cm³/mol. The first-order chi connectivity index (χ1) is 12.4. The zero-order valence-electron chi connectivity index (χ0n) is 17.2. The third-order valence-electron chi connectivity index (χ3n) is 3.84. The van der Waals surface area contributed by atoms with Crippen molar-refractivity contribution in [3.8, 4) is 5.75 Å². The van der Waals surface area contributed by atoms with Gasteiger partial charge in [0.2, 0.25) is 5.91 Å². The number of carbonyl (C=O) groups is 1. The van der Waals surface area contributed by atoms with E-state index in [1.165, 1.54) is 5.56 Å². The van der Waals surface area contributed by atoms with Crippen LogP contribution in [0, 0.1) is 6.92 Å². The number of amides is 1. The molecule has 0 heterocycles. The molecular formula is C20H35IN4O2. The Morgan fingerprint density at radius 1 is 1.22 bits per heavy atom. The average molecular weight is 490 g/mol. The van der Waals surface area contributed by atoms with Crippen LogP contribution in [0.5, 0.6) is 5.75 Å². The van der Waals surface area contributed by atoms with E-state index in [9.17, 15) is 4.79 Å². The van der Waals surface area contributed by atoms with Crippen LogP contribution >= 0.6 is 24.0 Å². The quantitative estimate of drug-likeness (QED) is 0.268. The summed E-state index contributed by atoms with van der Waals surface area (Å²) < 4.78 is 5.90. The summed E-state index contributed by atoms with van der Waals surface area (Å²) in [5.74, 6) is 1.61. The van der Waals surface area contributed by atoms with Crippen molar-refractivity contribution < 1.29 is 9.53 Å². The summed E-state index contributed by atoms with van der Waals surface area (Å²) in [4.78, 5) is 16.4. The monoisotopic (exact) mass is 490 g/mol. The van der Waals surface area contributed by atoms with Gasteiger partial charge in [-0.2, -0.15) is 0 Å². The summed E-state index contributed by atoms with van der Waals surface area (Å²) in [7, 11) is 0. The van der Waals surface area contributed by atoms with Crippen LogP contribution in [0.3, 0.4) is 0 Å². The lowest BCUT2D eigenvalue weighted by molar-refractivity contribution is -0.121. The molecule has 0 saturated carbocycles. The van der Waals surface area contributed by atoms with Gasteiger partial charge in [0.1, 0.15) is 11.9 Å². The number of aliphatic imine (C=N–C) groups is 1. The second kappa shape index (κ2) is 14.5. The molecule has 6 nitrogen and oxygen atoms in total. The normalized spacial score (nSPS) is 13.1. The highest BCUT2D eigenvalue weighted by Crippen LogP contribution is 2.14. The third kappa shape index (κ3) is 11.7. The van der Waals surface area contributed by atoms with E-state index >= 15 is 0 Å². The Kier molecular flexibility index (Phi) is 13.7. The van der Waals surface area contributed by atoms with Crippen molar-refractivity contribution in [3.63, 3.8) is 0 Å². The van der Waals surface area contributed by atoms with Crippen LogP contribution in [0.2, 0.25) is 0 Å². The number of carbonyl (C=O) groups excluding carboxylic acids is 1. The Morgan fingerprint density at radius 2 is 1.96 bits per heavy atom. The van der Waals surface area contributed by atoms with Crippen molar-refractivity contribution >= 4 is 35.8 Å². The van der Waals surface area contributed by atoms with Crippen LogP contribution in [-0.2, 0) is 4.79 Å². The van der Waals surface area contributed by atoms with Crippen LogP contribution in [-0.4, -0.2) is 43.6 Å². The van der Waals surface area contributed by atoms with Gasteiger partial charge in [-0.3, -0.25) is 4.79 Å². The molecule has 0 radical (unpaired) electrons. The van der Waals surface area contributed by atoms with Gasteiger partial charge in [-0.15, -0.1) is 24.0 Å². The summed E-state index contributed by atoms with van der Waals surface area (Å²) in [6, 6.07) is 8.20. The van der Waals surface area contributed by atoms with Gasteiger partial charge in [0.25, 0.3) is 0 Å². The Bertz CT molecular complexity index is 581. The molecule has 1 aromatic rings. The highest BCUT2D eigenvalue weighted by atomic mass is 127. The number of nitrogens with zero attached hydrogens (tertiary/aromatic N) is 1. The van der Waals surface area contributed by atoms with Crippen LogP contribution in [0.15, 0.2) is 29.3 Å². The van der Waals surface area contributed by atoms with Crippen molar-refractivity contribution in [2.24, 2.45) is 4.99 Å². The Labute approximate surface area is 181 Å². The molecule has 1 amide bonds. The minimum absolute atomic E-state index is 0. The van der Waals surface area contributed by atoms with E-state index in [1.54, 1.807) is 0 Å². The second-order valence-corrected chi connectivity index (χ2v) is 6.52. The lowest BCUT2D eigenvalue weighted by Gasteiger charge is -2.16. The van der Waals surface area contributed by atoms with Gasteiger partial charge < -0.3 is 20.7 Å². The summed E-state index contributed by atoms with van der Waals surface area (Å²) in [6.07, 6.45) is 1.31. The smallest absolute Gasteiger partial charge is 0.221 e. The van der Waals surface area contributed by atoms with Crippen LogP contribution < -0.4 is 20.7 Å². The van der Waals surface area contributed by atoms with E-state index in [-0.39, 0.29) is 42.0 Å². The van der Waals surface area contributed by atoms with Crippen LogP contribution in [0.1, 0.15) is 46.1 Å². The van der Waals surface area contributed by atoms with Crippen molar-refractivity contribution in [1.82, 2.24) is 16.0 Å². The van der Waals surface area contributed by atoms with E-state index in [0.29, 0.717) is 25.5 Å². The molecule has 2 atom stereocenters. The SMILES string of the molecule is CCNC(=NCC(C)Oc1cccc(C)c1)NCCC(=O)NC(C)CC.I. The molecule has 0 bridgehead atoms. The Balaban J connectivity index is 0.00000676. The minimum atomic E-state index is -0.0408. The molecule has 1 aromatic carbocycles. The number of halogens is 1. The number of hydrogen-bond donors (Lipinski definition) is 3. The summed E-state index contributed by atoms with van der Waals surface area (Å²) in [5.41, 5.74) is 1.17. The summed E-state index contributed by atoms with van der Waals surface area (Å²) >= 11 is 0. The molecule has 0 aliphatic carbocycles. The fraction of sp³-hybridized carbons (Fsp3) is 0.600. The average Bonchev–Trinajstić information content (AvgIpc) is 2.59. The topological polar surface area (TPSA) is 74.8 Å². The standard InChI is InChI=1S/C20H34N4O2.HI/c1-6-16(4)24-19(25)11-12-22-20(21-7-2)23-14-17(5)26-18-10-8-9-15(3)13-18;/h8-10,13,16-17H,6-7,11-12,14H2,1-5H3,(H,24,25)(H2,21,22,23);1H. The summed E-state index contributed by atoms with van der Waals surface area (Å²) in [5, 5.41) is 9.34. The van der Waals surface area contributed by atoms with Gasteiger partial charge in [0, 0.05) is 25.6 Å². The number of guanidine groups is 1.